The Morgan fingerprint density at radius 3 is 0.118 bits per heavy atom. The van der Waals surface area contributed by atoms with E-state index in [2.05, 4.69) is 0 Å². The first kappa shape index (κ1) is 24500. The van der Waals surface area contributed by atoms with Gasteiger partial charge in [0, 0.05) is 34.1 Å². The van der Waals surface area contributed by atoms with Gasteiger partial charge in [0.25, 0.3) is 0 Å². The van der Waals surface area contributed by atoms with E-state index in [-0.39, 0.29) is 116 Å². The van der Waals surface area contributed by atoms with Crippen molar-refractivity contribution in [2.45, 2.75) is 0 Å². The predicted molar refractivity (Wildman–Crippen MR) is 54.2 cm³/mol. The largest absolute Gasteiger partial charge is 0.412 e. The monoisotopic (exact) mass is 382 g/mol. The van der Waals surface area contributed by atoms with Gasteiger partial charge in [-0.3, -0.25) is 0 Å². The number of hydrogen-bond donors (Lipinski definition) is 0. The van der Waals surface area contributed by atoms with Gasteiger partial charge in [-0.05, 0) is 0 Å². The van der Waals surface area contributed by atoms with E-state index < -0.39 is 0 Å². The normalized spacial score (nSPS) is 0. The Kier molecular flexibility index (Phi) is 29300000. The van der Waals surface area contributed by atoms with Gasteiger partial charge in [-0.2, -0.15) is 0 Å². The van der Waals surface area contributed by atoms with Crippen LogP contribution in [0.1, 0.15) is 0 Å². The van der Waals surface area contributed by atoms with E-state index in [1.54, 1.807) is 0 Å². The molecule has 0 amide bonds. The molecule has 0 saturated heterocycles. The maximum absolute atomic E-state index is 0. The van der Waals surface area contributed by atoms with Crippen LogP contribution < -0.4 is 0 Å². The summed E-state index contributed by atoms with van der Waals surface area (Å²) in [5.41, 5.74) is 0. The Morgan fingerprint density at radius 2 is 0.118 bits per heavy atom. The molecule has 0 aromatic rings. The molecule has 17 heteroatoms. The average Bonchev–Trinajstić information content (AvgIpc) is 0. The predicted octanol–water partition coefficient (Wildman–Crippen LogP) is -12.4. The molecule has 0 aromatic carbocycles. The Bertz CT molecular complexity index is 8.88. The molecule has 0 radical (unpaired) electrons. The molecular weight excluding hydrogens is 352 g/mol. The van der Waals surface area contributed by atoms with E-state index in [1.807, 2.05) is 0 Å². The second-order valence-corrected chi connectivity index (χ2v) is 0. The standard InChI is InChI=1S/2Fe.15H2O/h;;15*1H2. The number of rotatable bonds is 0. The fraction of sp³-hybridized carbons (Fsp3) is 0. The Morgan fingerprint density at radius 1 is 0.118 bits per heavy atom. The van der Waals surface area contributed by atoms with Crippen LogP contribution in [0.5, 0.6) is 0 Å². The van der Waals surface area contributed by atoms with Crippen molar-refractivity contribution >= 4 is 0 Å². The molecule has 30 N–H and O–H groups in total. The van der Waals surface area contributed by atoms with Gasteiger partial charge < -0.3 is 82.1 Å². The molecule has 0 atom stereocenters. The van der Waals surface area contributed by atoms with E-state index in [4.69, 9.17) is 0 Å². The van der Waals surface area contributed by atoms with Crippen LogP contribution in [0.3, 0.4) is 0 Å². The molecule has 0 aliphatic heterocycles. The van der Waals surface area contributed by atoms with E-state index >= 15 is 0 Å². The van der Waals surface area contributed by atoms with E-state index in [9.17, 15) is 0 Å². The maximum Gasteiger partial charge on any atom is 0 e. The molecule has 0 bridgehead atoms. The molecule has 0 rings (SSSR count). The van der Waals surface area contributed by atoms with Gasteiger partial charge in [-0.25, -0.2) is 0 Å². The smallest absolute Gasteiger partial charge is 0 e. The van der Waals surface area contributed by atoms with Crippen molar-refractivity contribution in [3.05, 3.63) is 0 Å². The van der Waals surface area contributed by atoms with Gasteiger partial charge in [0.15, 0.2) is 0 Å². The summed E-state index contributed by atoms with van der Waals surface area (Å²) < 4.78 is 0. The zero-order valence-corrected chi connectivity index (χ0v) is 10.4. The van der Waals surface area contributed by atoms with Crippen molar-refractivity contribution in [1.29, 1.82) is 0 Å². The van der Waals surface area contributed by atoms with Crippen LogP contribution in [0.25, 0.3) is 0 Å². The van der Waals surface area contributed by atoms with Crippen LogP contribution in [0, 0.1) is 0 Å². The molecule has 136 valence electrons. The summed E-state index contributed by atoms with van der Waals surface area (Å²) in [4.78, 5) is 0. The summed E-state index contributed by atoms with van der Waals surface area (Å²) in [7, 11) is 0. The molecular formula is H30Fe2O15. The molecule has 15 nitrogen and oxygen atoms in total. The molecule has 0 aliphatic carbocycles. The third-order valence-corrected chi connectivity index (χ3v) is 0. The zero-order chi connectivity index (χ0) is 0. The number of hydrogen-bond acceptors (Lipinski definition) is 0. The Labute approximate surface area is 117 Å². The molecule has 0 fully saturated rings. The Hall–Kier alpha value is 0.439. The van der Waals surface area contributed by atoms with Crippen molar-refractivity contribution in [2.24, 2.45) is 0 Å². The fourth-order valence-electron chi connectivity index (χ4n) is 0. The summed E-state index contributed by atoms with van der Waals surface area (Å²) in [6.07, 6.45) is 0. The molecule has 17 heavy (non-hydrogen) atoms. The van der Waals surface area contributed by atoms with E-state index in [0.29, 0.717) is 0 Å². The second-order valence-electron chi connectivity index (χ2n) is 0. The van der Waals surface area contributed by atoms with Crippen LogP contribution in [0.15, 0.2) is 0 Å². The fourth-order valence-corrected chi connectivity index (χ4v) is 0. The quantitative estimate of drug-likeness (QED) is 0.352. The van der Waals surface area contributed by atoms with Gasteiger partial charge in [0.2, 0.25) is 0 Å². The summed E-state index contributed by atoms with van der Waals surface area (Å²) in [5, 5.41) is 0. The molecule has 0 saturated carbocycles. The summed E-state index contributed by atoms with van der Waals surface area (Å²) >= 11 is 0. The third-order valence-electron chi connectivity index (χ3n) is 0. The van der Waals surface area contributed by atoms with Crippen LogP contribution in [0.2, 0.25) is 0 Å². The summed E-state index contributed by atoms with van der Waals surface area (Å²) in [5.74, 6) is 0. The molecule has 0 heterocycles. The molecule has 0 unspecified atom stereocenters. The van der Waals surface area contributed by atoms with Crippen molar-refractivity contribution in [3.8, 4) is 0 Å². The van der Waals surface area contributed by atoms with E-state index in [0.717, 1.165) is 0 Å². The van der Waals surface area contributed by atoms with Gasteiger partial charge >= 0.3 is 0 Å². The SMILES string of the molecule is O.O.O.O.O.O.O.O.O.O.O.O.O.O.O.[Fe].[Fe]. The maximum atomic E-state index is 0. The van der Waals surface area contributed by atoms with Crippen molar-refractivity contribution < 1.29 is 116 Å². The summed E-state index contributed by atoms with van der Waals surface area (Å²) in [6, 6.07) is 0. The third kappa shape index (κ3) is 17800. The minimum absolute atomic E-state index is 0. The topological polar surface area (TPSA) is 472 Å². The average molecular weight is 382 g/mol. The van der Waals surface area contributed by atoms with E-state index in [1.165, 1.54) is 0 Å². The first-order valence-corrected chi connectivity index (χ1v) is 0. The van der Waals surface area contributed by atoms with Crippen molar-refractivity contribution in [1.82, 2.24) is 0 Å². The van der Waals surface area contributed by atoms with Gasteiger partial charge in [-0.1, -0.05) is 0 Å². The second kappa shape index (κ2) is 20300. The van der Waals surface area contributed by atoms with Crippen molar-refractivity contribution in [3.63, 3.8) is 0 Å². The molecule has 0 aromatic heterocycles. The van der Waals surface area contributed by atoms with Gasteiger partial charge in [-0.15, -0.1) is 0 Å². The first-order chi connectivity index (χ1) is 0. The molecule has 0 aliphatic rings. The first-order valence-electron chi connectivity index (χ1n) is 0. The molecule has 0 spiro atoms. The minimum Gasteiger partial charge on any atom is -0.412 e. The van der Waals surface area contributed by atoms with Crippen LogP contribution in [-0.4, -0.2) is 82.1 Å². The summed E-state index contributed by atoms with van der Waals surface area (Å²) in [6.45, 7) is 0. The van der Waals surface area contributed by atoms with Crippen LogP contribution >= 0.6 is 0 Å². The minimum atomic E-state index is 0. The van der Waals surface area contributed by atoms with Crippen LogP contribution in [-0.2, 0) is 34.1 Å². The van der Waals surface area contributed by atoms with Crippen molar-refractivity contribution in [2.75, 3.05) is 0 Å². The Balaban J connectivity index is 0. The van der Waals surface area contributed by atoms with Crippen LogP contribution in [0.4, 0.5) is 0 Å². The van der Waals surface area contributed by atoms with Gasteiger partial charge in [0.1, 0.15) is 0 Å². The zero-order valence-electron chi connectivity index (χ0n) is 8.21. The van der Waals surface area contributed by atoms with Gasteiger partial charge in [0.05, 0.1) is 0 Å².